The zero-order chi connectivity index (χ0) is 34.8. The number of morpholine rings is 1. The third-order valence-electron chi connectivity index (χ3n) is 10.0. The van der Waals surface area contributed by atoms with Gasteiger partial charge in [-0.1, -0.05) is 42.5 Å². The van der Waals surface area contributed by atoms with E-state index in [-0.39, 0.29) is 23.6 Å². The molecule has 1 N–H and O–H groups in total. The molecule has 50 heavy (non-hydrogen) atoms. The number of nitrogens with zero attached hydrogens (tertiary/aromatic N) is 4. The average Bonchev–Trinajstić information content (AvgIpc) is 3.45. The van der Waals surface area contributed by atoms with Gasteiger partial charge in [0.2, 0.25) is 0 Å². The lowest BCUT2D eigenvalue weighted by atomic mass is 9.92. The number of phenols is 1. The van der Waals surface area contributed by atoms with Crippen molar-refractivity contribution in [2.75, 3.05) is 44.9 Å². The lowest BCUT2D eigenvalue weighted by molar-refractivity contribution is 0.0193. The number of methoxy groups -OCH3 is 1. The fourth-order valence-electron chi connectivity index (χ4n) is 7.13. The maximum Gasteiger partial charge on any atom is 0.264 e. The number of anilines is 2. The first kappa shape index (κ1) is 33.1. The number of hydrogen-bond acceptors (Lipinski definition) is 6. The molecular weight excluding hydrogens is 628 g/mol. The van der Waals surface area contributed by atoms with Gasteiger partial charge in [-0.2, -0.15) is 0 Å². The van der Waals surface area contributed by atoms with Crippen molar-refractivity contribution in [2.24, 2.45) is 7.05 Å². The van der Waals surface area contributed by atoms with Crippen LogP contribution in [0.5, 0.6) is 11.5 Å². The summed E-state index contributed by atoms with van der Waals surface area (Å²) in [6.07, 6.45) is 0.777. The van der Waals surface area contributed by atoms with Crippen LogP contribution in [0, 0.1) is 6.92 Å². The molecule has 2 amide bonds. The highest BCUT2D eigenvalue weighted by Crippen LogP contribution is 2.36. The highest BCUT2D eigenvalue weighted by atomic mass is 16.5. The molecule has 4 aromatic carbocycles. The van der Waals surface area contributed by atoms with Crippen LogP contribution in [0.2, 0.25) is 0 Å². The van der Waals surface area contributed by atoms with E-state index in [4.69, 9.17) is 9.47 Å². The Morgan fingerprint density at radius 1 is 0.860 bits per heavy atom. The summed E-state index contributed by atoms with van der Waals surface area (Å²) in [6.45, 7) is 6.28. The zero-order valence-corrected chi connectivity index (χ0v) is 28.7. The molecule has 0 unspecified atom stereocenters. The number of benzene rings is 4. The Balaban J connectivity index is 1.29. The number of carbonyl (C=O) groups is 2. The molecule has 1 saturated heterocycles. The van der Waals surface area contributed by atoms with E-state index in [1.54, 1.807) is 36.3 Å². The van der Waals surface area contributed by atoms with E-state index < -0.39 is 0 Å². The van der Waals surface area contributed by atoms with Crippen molar-refractivity contribution in [3.8, 4) is 22.8 Å². The van der Waals surface area contributed by atoms with Gasteiger partial charge in [-0.05, 0) is 85.1 Å². The predicted octanol–water partition coefficient (Wildman–Crippen LogP) is 6.59. The van der Waals surface area contributed by atoms with E-state index in [9.17, 15) is 14.7 Å². The molecule has 256 valence electrons. The highest BCUT2D eigenvalue weighted by Gasteiger charge is 2.34. The standard InChI is InChI=1S/C41H42N4O5/c1-28-37(41(48)45(31-11-5-4-6-12-31)32-13-15-34(46)16-14-32)25-39(42(28)2)38-24-35(49-3)17-18-36(38)40(47)44-26-30-10-8-7-9-29(30)23-33(44)27-43-19-21-50-22-20-43/h4-18,24-25,33,46H,19-23,26-27H2,1-3H3/t33-/m0/s1. The van der Waals surface area contributed by atoms with E-state index in [2.05, 4.69) is 23.1 Å². The van der Waals surface area contributed by atoms with Gasteiger partial charge in [0, 0.05) is 73.2 Å². The number of para-hydroxylation sites is 1. The lowest BCUT2D eigenvalue weighted by Crippen LogP contribution is -2.52. The van der Waals surface area contributed by atoms with Gasteiger partial charge in [-0.25, -0.2) is 0 Å². The van der Waals surface area contributed by atoms with Gasteiger partial charge in [-0.15, -0.1) is 0 Å². The van der Waals surface area contributed by atoms with Gasteiger partial charge in [0.25, 0.3) is 11.8 Å². The molecule has 1 aromatic heterocycles. The number of carbonyl (C=O) groups excluding carboxylic acids is 2. The second-order valence-electron chi connectivity index (χ2n) is 13.0. The molecule has 2 aliphatic heterocycles. The molecule has 2 aliphatic rings. The molecule has 9 nitrogen and oxygen atoms in total. The van der Waals surface area contributed by atoms with E-state index in [0.29, 0.717) is 53.6 Å². The molecule has 0 radical (unpaired) electrons. The number of ether oxygens (including phenoxy) is 2. The van der Waals surface area contributed by atoms with Gasteiger partial charge in [0.05, 0.1) is 25.9 Å². The van der Waals surface area contributed by atoms with Crippen LogP contribution < -0.4 is 9.64 Å². The van der Waals surface area contributed by atoms with Crippen LogP contribution in [0.15, 0.2) is 103 Å². The third-order valence-corrected chi connectivity index (χ3v) is 10.0. The summed E-state index contributed by atoms with van der Waals surface area (Å²) in [4.78, 5) is 35.4. The van der Waals surface area contributed by atoms with Crippen LogP contribution >= 0.6 is 0 Å². The van der Waals surface area contributed by atoms with E-state index in [0.717, 1.165) is 43.0 Å². The van der Waals surface area contributed by atoms with Crippen LogP contribution in [0.1, 0.15) is 37.5 Å². The SMILES string of the molecule is COc1ccc(C(=O)N2Cc3ccccc3C[C@H]2CN2CCOCC2)c(-c2cc(C(=O)N(c3ccccc3)c3ccc(O)cc3)c(C)n2C)c1. The van der Waals surface area contributed by atoms with Crippen molar-refractivity contribution >= 4 is 23.2 Å². The van der Waals surface area contributed by atoms with Gasteiger partial charge < -0.3 is 24.0 Å². The Hall–Kier alpha value is -5.38. The van der Waals surface area contributed by atoms with Crippen molar-refractivity contribution in [1.82, 2.24) is 14.4 Å². The molecule has 7 rings (SSSR count). The molecule has 1 fully saturated rings. The summed E-state index contributed by atoms with van der Waals surface area (Å²) < 4.78 is 13.2. The summed E-state index contributed by atoms with van der Waals surface area (Å²) in [6, 6.07) is 31.8. The summed E-state index contributed by atoms with van der Waals surface area (Å²) in [5.41, 5.74) is 6.98. The molecule has 5 aromatic rings. The molecular formula is C41H42N4O5. The fourth-order valence-corrected chi connectivity index (χ4v) is 7.13. The van der Waals surface area contributed by atoms with Crippen molar-refractivity contribution < 1.29 is 24.2 Å². The number of hydrogen-bond donors (Lipinski definition) is 1. The molecule has 3 heterocycles. The topological polar surface area (TPSA) is 87.5 Å². The Labute approximate surface area is 292 Å². The van der Waals surface area contributed by atoms with Crippen molar-refractivity contribution in [3.05, 3.63) is 131 Å². The summed E-state index contributed by atoms with van der Waals surface area (Å²) >= 11 is 0. The van der Waals surface area contributed by atoms with Gasteiger partial charge >= 0.3 is 0 Å². The van der Waals surface area contributed by atoms with Crippen molar-refractivity contribution in [3.63, 3.8) is 0 Å². The molecule has 0 aliphatic carbocycles. The second kappa shape index (κ2) is 14.2. The van der Waals surface area contributed by atoms with Crippen LogP contribution in [-0.4, -0.2) is 77.3 Å². The molecule has 0 bridgehead atoms. The second-order valence-corrected chi connectivity index (χ2v) is 13.0. The summed E-state index contributed by atoms with van der Waals surface area (Å²) in [7, 11) is 3.53. The molecule has 0 saturated carbocycles. The Bertz CT molecular complexity index is 2000. The van der Waals surface area contributed by atoms with Crippen molar-refractivity contribution in [1.29, 1.82) is 0 Å². The number of amides is 2. The van der Waals surface area contributed by atoms with E-state index in [1.807, 2.05) is 84.1 Å². The number of fused-ring (bicyclic) bond motifs is 1. The smallest absolute Gasteiger partial charge is 0.264 e. The minimum absolute atomic E-state index is 0.0116. The highest BCUT2D eigenvalue weighted by molar-refractivity contribution is 6.12. The first-order valence-electron chi connectivity index (χ1n) is 17.0. The lowest BCUT2D eigenvalue weighted by Gasteiger charge is -2.40. The van der Waals surface area contributed by atoms with Gasteiger partial charge in [-0.3, -0.25) is 19.4 Å². The van der Waals surface area contributed by atoms with Gasteiger partial charge in [0.15, 0.2) is 0 Å². The first-order valence-corrected chi connectivity index (χ1v) is 17.0. The van der Waals surface area contributed by atoms with Crippen LogP contribution in [-0.2, 0) is 24.8 Å². The van der Waals surface area contributed by atoms with Crippen LogP contribution in [0.25, 0.3) is 11.3 Å². The maximum absolute atomic E-state index is 14.8. The van der Waals surface area contributed by atoms with Gasteiger partial charge in [0.1, 0.15) is 11.5 Å². The number of rotatable bonds is 8. The van der Waals surface area contributed by atoms with Crippen LogP contribution in [0.4, 0.5) is 11.4 Å². The Morgan fingerprint density at radius 2 is 1.54 bits per heavy atom. The summed E-state index contributed by atoms with van der Waals surface area (Å²) in [5.74, 6) is 0.450. The minimum atomic E-state index is -0.227. The predicted molar refractivity (Wildman–Crippen MR) is 194 cm³/mol. The van der Waals surface area contributed by atoms with Crippen molar-refractivity contribution in [2.45, 2.75) is 25.9 Å². The number of aromatic nitrogens is 1. The largest absolute Gasteiger partial charge is 0.508 e. The van der Waals surface area contributed by atoms with Crippen LogP contribution in [0.3, 0.4) is 0 Å². The first-order chi connectivity index (χ1) is 24.3. The Morgan fingerprint density at radius 3 is 2.26 bits per heavy atom. The van der Waals surface area contributed by atoms with E-state index >= 15 is 0 Å². The molecule has 1 atom stereocenters. The van der Waals surface area contributed by atoms with E-state index in [1.165, 1.54) is 5.56 Å². The summed E-state index contributed by atoms with van der Waals surface area (Å²) in [5, 5.41) is 9.97. The number of phenolic OH excluding ortho intramolecular Hbond substituents is 1. The number of aromatic hydroxyl groups is 1. The minimum Gasteiger partial charge on any atom is -0.508 e. The molecule has 0 spiro atoms. The fraction of sp³-hybridized carbons (Fsp3) is 0.268. The monoisotopic (exact) mass is 670 g/mol. The normalized spacial score (nSPS) is 16.1. The third kappa shape index (κ3) is 6.49. The maximum atomic E-state index is 14.8. The Kier molecular flexibility index (Phi) is 9.43. The zero-order valence-electron chi connectivity index (χ0n) is 28.7. The average molecular weight is 671 g/mol. The molecule has 9 heteroatoms. The quantitative estimate of drug-likeness (QED) is 0.201.